The third-order valence-corrected chi connectivity index (χ3v) is 7.22. The molecular formula is C18H21NO3S2. The molecule has 1 amide bonds. The Morgan fingerprint density at radius 1 is 1.29 bits per heavy atom. The third kappa shape index (κ3) is 3.70. The molecule has 1 atom stereocenters. The number of amides is 1. The minimum absolute atomic E-state index is 0.0645. The Morgan fingerprint density at radius 3 is 2.67 bits per heavy atom. The fraction of sp³-hybridized carbons (Fsp3) is 0.389. The van der Waals surface area contributed by atoms with Crippen LogP contribution in [0.4, 0.5) is 0 Å². The number of benzene rings is 1. The number of thiophene rings is 1. The van der Waals surface area contributed by atoms with Crippen molar-refractivity contribution in [3.63, 3.8) is 0 Å². The Bertz CT molecular complexity index is 855. The molecule has 6 heteroatoms. The molecule has 1 aliphatic rings. The number of sulfone groups is 1. The Labute approximate surface area is 147 Å². The molecule has 1 aromatic carbocycles. The van der Waals surface area contributed by atoms with Gasteiger partial charge in [-0.3, -0.25) is 4.79 Å². The molecule has 1 fully saturated rings. The van der Waals surface area contributed by atoms with E-state index in [4.69, 9.17) is 0 Å². The average molecular weight is 364 g/mol. The van der Waals surface area contributed by atoms with Crippen molar-refractivity contribution < 1.29 is 13.2 Å². The summed E-state index contributed by atoms with van der Waals surface area (Å²) in [4.78, 5) is 15.9. The van der Waals surface area contributed by atoms with Crippen molar-refractivity contribution in [1.29, 1.82) is 0 Å². The number of rotatable bonds is 4. The van der Waals surface area contributed by atoms with Gasteiger partial charge >= 0.3 is 0 Å². The zero-order valence-electron chi connectivity index (χ0n) is 13.9. The quantitative estimate of drug-likeness (QED) is 0.838. The van der Waals surface area contributed by atoms with E-state index in [0.29, 0.717) is 18.5 Å². The Morgan fingerprint density at radius 2 is 2.08 bits per heavy atom. The smallest absolute Gasteiger partial charge is 0.254 e. The van der Waals surface area contributed by atoms with E-state index < -0.39 is 9.84 Å². The summed E-state index contributed by atoms with van der Waals surface area (Å²) in [6.07, 6.45) is 0.518. The van der Waals surface area contributed by atoms with Gasteiger partial charge in [0.15, 0.2) is 9.84 Å². The lowest BCUT2D eigenvalue weighted by molar-refractivity contribution is 0.0682. The van der Waals surface area contributed by atoms with Crippen LogP contribution >= 0.6 is 11.3 Å². The molecule has 0 N–H and O–H groups in total. The lowest BCUT2D eigenvalue weighted by Gasteiger charge is -2.28. The van der Waals surface area contributed by atoms with Crippen molar-refractivity contribution in [3.05, 3.63) is 57.3 Å². The highest BCUT2D eigenvalue weighted by molar-refractivity contribution is 7.91. The second kappa shape index (κ2) is 6.69. The minimum Gasteiger partial charge on any atom is -0.329 e. The molecule has 0 bridgehead atoms. The van der Waals surface area contributed by atoms with Crippen LogP contribution in [0.2, 0.25) is 0 Å². The highest BCUT2D eigenvalue weighted by Crippen LogP contribution is 2.25. The Balaban J connectivity index is 1.92. The zero-order valence-corrected chi connectivity index (χ0v) is 15.5. The van der Waals surface area contributed by atoms with E-state index in [1.54, 1.807) is 22.3 Å². The van der Waals surface area contributed by atoms with Crippen molar-refractivity contribution in [2.24, 2.45) is 0 Å². The first kappa shape index (κ1) is 17.2. The molecule has 3 rings (SSSR count). The summed E-state index contributed by atoms with van der Waals surface area (Å²) in [6, 6.07) is 9.26. The normalized spacial score (nSPS) is 19.3. The molecule has 0 spiro atoms. The topological polar surface area (TPSA) is 54.5 Å². The van der Waals surface area contributed by atoms with Gasteiger partial charge in [-0.1, -0.05) is 17.7 Å². The van der Waals surface area contributed by atoms with Crippen LogP contribution < -0.4 is 0 Å². The molecule has 24 heavy (non-hydrogen) atoms. The first-order valence-corrected chi connectivity index (χ1v) is 10.7. The molecule has 2 heterocycles. The number of hydrogen-bond acceptors (Lipinski definition) is 4. The molecule has 0 unspecified atom stereocenters. The van der Waals surface area contributed by atoms with Gasteiger partial charge in [0.05, 0.1) is 18.1 Å². The van der Waals surface area contributed by atoms with Crippen LogP contribution in [0.1, 0.15) is 32.8 Å². The van der Waals surface area contributed by atoms with E-state index in [1.165, 1.54) is 0 Å². The number of nitrogens with zero attached hydrogens (tertiary/aromatic N) is 1. The monoisotopic (exact) mass is 363 g/mol. The summed E-state index contributed by atoms with van der Waals surface area (Å²) in [6.45, 7) is 4.44. The molecule has 0 saturated carbocycles. The highest BCUT2D eigenvalue weighted by Gasteiger charge is 2.35. The zero-order chi connectivity index (χ0) is 17.3. The maximum absolute atomic E-state index is 13.1. The first-order valence-electron chi connectivity index (χ1n) is 7.97. The summed E-state index contributed by atoms with van der Waals surface area (Å²) in [7, 11) is -3.04. The summed E-state index contributed by atoms with van der Waals surface area (Å²) in [5.41, 5.74) is 2.78. The summed E-state index contributed by atoms with van der Waals surface area (Å²) < 4.78 is 23.8. The average Bonchev–Trinajstić information content (AvgIpc) is 3.09. The lowest BCUT2D eigenvalue weighted by Crippen LogP contribution is -2.40. The minimum atomic E-state index is -3.04. The van der Waals surface area contributed by atoms with Crippen molar-refractivity contribution in [2.75, 3.05) is 11.5 Å². The first-order chi connectivity index (χ1) is 11.4. The second-order valence-electron chi connectivity index (χ2n) is 6.39. The van der Waals surface area contributed by atoms with Gasteiger partial charge in [0.2, 0.25) is 0 Å². The molecule has 0 aliphatic carbocycles. The van der Waals surface area contributed by atoms with E-state index in [0.717, 1.165) is 16.0 Å². The predicted octanol–water partition coefficient (Wildman–Crippen LogP) is 3.19. The van der Waals surface area contributed by atoms with Crippen LogP contribution in [0, 0.1) is 13.8 Å². The Hall–Kier alpha value is -1.66. The van der Waals surface area contributed by atoms with E-state index >= 15 is 0 Å². The van der Waals surface area contributed by atoms with Gasteiger partial charge in [-0.05, 0) is 49.4 Å². The largest absolute Gasteiger partial charge is 0.329 e. The fourth-order valence-electron chi connectivity index (χ4n) is 3.05. The van der Waals surface area contributed by atoms with Crippen LogP contribution in [-0.2, 0) is 16.4 Å². The van der Waals surface area contributed by atoms with Crippen LogP contribution in [0.5, 0.6) is 0 Å². The lowest BCUT2D eigenvalue weighted by atomic mass is 10.1. The predicted molar refractivity (Wildman–Crippen MR) is 97.2 cm³/mol. The van der Waals surface area contributed by atoms with Gasteiger partial charge in [0, 0.05) is 16.5 Å². The highest BCUT2D eigenvalue weighted by atomic mass is 32.2. The molecule has 1 aliphatic heterocycles. The molecule has 128 valence electrons. The molecule has 1 aromatic heterocycles. The van der Waals surface area contributed by atoms with Crippen molar-refractivity contribution >= 4 is 27.1 Å². The SMILES string of the molecule is Cc1cccc(C(=O)N(Cc2sccc2C)[C@H]2CCS(=O)(=O)C2)c1. The summed E-state index contributed by atoms with van der Waals surface area (Å²) in [5.74, 6) is 0.141. The van der Waals surface area contributed by atoms with E-state index in [9.17, 15) is 13.2 Å². The van der Waals surface area contributed by atoms with Gasteiger partial charge in [-0.2, -0.15) is 0 Å². The van der Waals surface area contributed by atoms with E-state index in [2.05, 4.69) is 0 Å². The van der Waals surface area contributed by atoms with E-state index in [1.807, 2.05) is 43.5 Å². The second-order valence-corrected chi connectivity index (χ2v) is 9.62. The van der Waals surface area contributed by atoms with Crippen LogP contribution in [-0.4, -0.2) is 36.8 Å². The molecule has 2 aromatic rings. The Kier molecular flexibility index (Phi) is 4.78. The van der Waals surface area contributed by atoms with E-state index in [-0.39, 0.29) is 23.5 Å². The third-order valence-electron chi connectivity index (χ3n) is 4.46. The summed E-state index contributed by atoms with van der Waals surface area (Å²) in [5, 5.41) is 2.01. The number of carbonyl (C=O) groups excluding carboxylic acids is 1. The fourth-order valence-corrected chi connectivity index (χ4v) is 5.69. The molecular weight excluding hydrogens is 342 g/mol. The number of carbonyl (C=O) groups is 1. The molecule has 0 radical (unpaired) electrons. The van der Waals surface area contributed by atoms with Gasteiger partial charge in [0.25, 0.3) is 5.91 Å². The van der Waals surface area contributed by atoms with Crippen molar-refractivity contribution in [1.82, 2.24) is 4.90 Å². The number of hydrogen-bond donors (Lipinski definition) is 0. The summed E-state index contributed by atoms with van der Waals surface area (Å²) >= 11 is 1.61. The van der Waals surface area contributed by atoms with Gasteiger partial charge in [-0.25, -0.2) is 8.42 Å². The van der Waals surface area contributed by atoms with Crippen LogP contribution in [0.3, 0.4) is 0 Å². The number of aryl methyl sites for hydroxylation is 2. The van der Waals surface area contributed by atoms with Gasteiger partial charge in [0.1, 0.15) is 0 Å². The maximum Gasteiger partial charge on any atom is 0.254 e. The van der Waals surface area contributed by atoms with Gasteiger partial charge in [-0.15, -0.1) is 11.3 Å². The van der Waals surface area contributed by atoms with Crippen LogP contribution in [0.25, 0.3) is 0 Å². The van der Waals surface area contributed by atoms with Crippen LogP contribution in [0.15, 0.2) is 35.7 Å². The molecule has 4 nitrogen and oxygen atoms in total. The molecule has 1 saturated heterocycles. The van der Waals surface area contributed by atoms with Crippen molar-refractivity contribution in [2.45, 2.75) is 32.9 Å². The van der Waals surface area contributed by atoms with Gasteiger partial charge < -0.3 is 4.90 Å². The maximum atomic E-state index is 13.1. The standard InChI is InChI=1S/C18H21NO3S2/c1-13-4-3-5-15(10-13)18(20)19(11-17-14(2)6-8-23-17)16-7-9-24(21,22)12-16/h3-6,8,10,16H,7,9,11-12H2,1-2H3/t16-/m0/s1. The van der Waals surface area contributed by atoms with Crippen molar-refractivity contribution in [3.8, 4) is 0 Å².